The number of anilines is 1. The Morgan fingerprint density at radius 2 is 2.12 bits per heavy atom. The first kappa shape index (κ1) is 11.1. The van der Waals surface area contributed by atoms with Gasteiger partial charge in [-0.1, -0.05) is 0 Å². The average molecular weight is 303 g/mol. The number of nitrogens with zero attached hydrogens (tertiary/aromatic N) is 2. The van der Waals surface area contributed by atoms with Gasteiger partial charge in [-0.3, -0.25) is 9.71 Å². The van der Waals surface area contributed by atoms with Gasteiger partial charge < -0.3 is 4.98 Å². The van der Waals surface area contributed by atoms with E-state index in [0.29, 0.717) is 10.2 Å². The Morgan fingerprint density at radius 1 is 1.31 bits per heavy atom. The zero-order valence-corrected chi connectivity index (χ0v) is 10.3. The van der Waals surface area contributed by atoms with Crippen molar-refractivity contribution in [2.45, 2.75) is 5.03 Å². The molecule has 6 nitrogen and oxygen atoms in total. The maximum atomic E-state index is 11.8. The quantitative estimate of drug-likeness (QED) is 0.896. The number of nitrogens with one attached hydrogen (secondary N) is 2. The van der Waals surface area contributed by atoms with Crippen molar-refractivity contribution in [3.8, 4) is 0 Å². The zero-order chi connectivity index (χ0) is 11.6. The molecule has 0 radical (unpaired) electrons. The summed E-state index contributed by atoms with van der Waals surface area (Å²) in [5.74, 6) is 0. The van der Waals surface area contributed by atoms with Crippen LogP contribution < -0.4 is 4.72 Å². The molecule has 0 spiro atoms. The van der Waals surface area contributed by atoms with E-state index in [4.69, 9.17) is 0 Å². The molecule has 0 aliphatic heterocycles. The van der Waals surface area contributed by atoms with Gasteiger partial charge in [0.05, 0.1) is 22.7 Å². The fourth-order valence-corrected chi connectivity index (χ4v) is 2.51. The molecule has 2 aromatic heterocycles. The third-order valence-corrected chi connectivity index (χ3v) is 3.70. The number of rotatable bonds is 3. The minimum Gasteiger partial charge on any atom is -0.334 e. The van der Waals surface area contributed by atoms with Gasteiger partial charge in [-0.05, 0) is 22.0 Å². The van der Waals surface area contributed by atoms with Crippen LogP contribution in [-0.2, 0) is 10.0 Å². The number of halogens is 1. The molecule has 2 heterocycles. The van der Waals surface area contributed by atoms with E-state index in [-0.39, 0.29) is 5.03 Å². The van der Waals surface area contributed by atoms with Crippen LogP contribution in [-0.4, -0.2) is 23.4 Å². The average Bonchev–Trinajstić information content (AvgIpc) is 2.75. The van der Waals surface area contributed by atoms with Crippen molar-refractivity contribution in [1.82, 2.24) is 15.0 Å². The fraction of sp³-hybridized carbons (Fsp3) is 0. The number of sulfonamides is 1. The van der Waals surface area contributed by atoms with Crippen molar-refractivity contribution in [2.24, 2.45) is 0 Å². The number of pyridine rings is 1. The minimum absolute atomic E-state index is 0.0104. The highest BCUT2D eigenvalue weighted by molar-refractivity contribution is 9.10. The monoisotopic (exact) mass is 302 g/mol. The van der Waals surface area contributed by atoms with Crippen LogP contribution in [0.3, 0.4) is 0 Å². The number of hydrogen-bond acceptors (Lipinski definition) is 4. The van der Waals surface area contributed by atoms with E-state index in [9.17, 15) is 8.42 Å². The van der Waals surface area contributed by atoms with E-state index >= 15 is 0 Å². The highest BCUT2D eigenvalue weighted by Crippen LogP contribution is 2.22. The predicted octanol–water partition coefficient (Wildman–Crippen LogP) is 1.37. The summed E-state index contributed by atoms with van der Waals surface area (Å²) in [5, 5.41) is 0.0104. The molecular weight excluding hydrogens is 296 g/mol. The molecule has 0 amide bonds. The second-order valence-electron chi connectivity index (χ2n) is 2.88. The lowest BCUT2D eigenvalue weighted by molar-refractivity contribution is 0.598. The largest absolute Gasteiger partial charge is 0.334 e. The van der Waals surface area contributed by atoms with Crippen LogP contribution in [0.5, 0.6) is 0 Å². The molecule has 0 fully saturated rings. The molecule has 2 N–H and O–H groups in total. The van der Waals surface area contributed by atoms with E-state index in [1.807, 2.05) is 0 Å². The van der Waals surface area contributed by atoms with Crippen molar-refractivity contribution >= 4 is 31.6 Å². The lowest BCUT2D eigenvalue weighted by Gasteiger charge is -2.06. The summed E-state index contributed by atoms with van der Waals surface area (Å²) in [7, 11) is -3.62. The van der Waals surface area contributed by atoms with Crippen LogP contribution >= 0.6 is 15.9 Å². The maximum Gasteiger partial charge on any atom is 0.279 e. The Morgan fingerprint density at radius 3 is 2.75 bits per heavy atom. The summed E-state index contributed by atoms with van der Waals surface area (Å²) in [6.45, 7) is 0. The standard InChI is InChI=1S/C8H7BrN4O2S/c9-6-3-10-2-1-7(6)13-16(14,15)8-4-11-5-12-8/h1-5H,(H,10,13)(H,11,12). The van der Waals surface area contributed by atoms with E-state index in [2.05, 4.69) is 35.6 Å². The molecule has 2 aromatic rings. The first-order chi connectivity index (χ1) is 7.59. The highest BCUT2D eigenvalue weighted by Gasteiger charge is 2.16. The number of aromatic nitrogens is 3. The Hall–Kier alpha value is -1.41. The third kappa shape index (κ3) is 2.22. The topological polar surface area (TPSA) is 87.7 Å². The number of imidazole rings is 1. The van der Waals surface area contributed by atoms with Gasteiger partial charge in [-0.2, -0.15) is 8.42 Å². The highest BCUT2D eigenvalue weighted by atomic mass is 79.9. The smallest absolute Gasteiger partial charge is 0.279 e. The van der Waals surface area contributed by atoms with Crippen molar-refractivity contribution in [3.05, 3.63) is 35.5 Å². The molecule has 0 aromatic carbocycles. The molecule has 0 aliphatic carbocycles. The molecule has 0 atom stereocenters. The van der Waals surface area contributed by atoms with Crippen LogP contribution in [0.25, 0.3) is 0 Å². The van der Waals surface area contributed by atoms with Crippen molar-refractivity contribution in [3.63, 3.8) is 0 Å². The molecule has 16 heavy (non-hydrogen) atoms. The van der Waals surface area contributed by atoms with Crippen LogP contribution in [0.1, 0.15) is 0 Å². The number of H-pyrrole nitrogens is 1. The van der Waals surface area contributed by atoms with Crippen molar-refractivity contribution in [1.29, 1.82) is 0 Å². The first-order valence-electron chi connectivity index (χ1n) is 4.20. The molecular formula is C8H7BrN4O2S. The third-order valence-electron chi connectivity index (χ3n) is 1.78. The van der Waals surface area contributed by atoms with Gasteiger partial charge in [0.15, 0.2) is 5.03 Å². The van der Waals surface area contributed by atoms with Gasteiger partial charge in [0.1, 0.15) is 0 Å². The van der Waals surface area contributed by atoms with Gasteiger partial charge >= 0.3 is 0 Å². The van der Waals surface area contributed by atoms with Crippen LogP contribution in [0, 0.1) is 0 Å². The molecule has 2 rings (SSSR count). The molecule has 0 unspecified atom stereocenters. The molecule has 84 valence electrons. The molecule has 0 saturated heterocycles. The predicted molar refractivity (Wildman–Crippen MR) is 61.3 cm³/mol. The second-order valence-corrected chi connectivity index (χ2v) is 5.38. The molecule has 8 heteroatoms. The summed E-state index contributed by atoms with van der Waals surface area (Å²) in [6, 6.07) is 1.55. The SMILES string of the molecule is O=S(=O)(Nc1ccncc1Br)c1cnc[nH]1. The maximum absolute atomic E-state index is 11.8. The Bertz CT molecular complexity index is 582. The summed E-state index contributed by atoms with van der Waals surface area (Å²) in [5.41, 5.74) is 0.421. The molecule has 0 aliphatic rings. The fourth-order valence-electron chi connectivity index (χ4n) is 1.05. The normalized spacial score (nSPS) is 11.3. The van der Waals surface area contributed by atoms with Crippen molar-refractivity contribution in [2.75, 3.05) is 4.72 Å². The summed E-state index contributed by atoms with van der Waals surface area (Å²) in [6.07, 6.45) is 5.54. The zero-order valence-electron chi connectivity index (χ0n) is 7.88. The van der Waals surface area contributed by atoms with Crippen LogP contribution in [0.15, 0.2) is 40.5 Å². The van der Waals surface area contributed by atoms with Crippen LogP contribution in [0.2, 0.25) is 0 Å². The summed E-state index contributed by atoms with van der Waals surface area (Å²) in [4.78, 5) is 10.0. The first-order valence-corrected chi connectivity index (χ1v) is 6.48. The number of aromatic amines is 1. The number of hydrogen-bond donors (Lipinski definition) is 2. The van der Waals surface area contributed by atoms with E-state index in [0.717, 1.165) is 0 Å². The van der Waals surface area contributed by atoms with E-state index < -0.39 is 10.0 Å². The van der Waals surface area contributed by atoms with Crippen molar-refractivity contribution < 1.29 is 8.42 Å². The van der Waals surface area contributed by atoms with Gasteiger partial charge in [0, 0.05) is 12.4 Å². The lowest BCUT2D eigenvalue weighted by atomic mass is 10.4. The lowest BCUT2D eigenvalue weighted by Crippen LogP contribution is -2.13. The molecule has 0 bridgehead atoms. The van der Waals surface area contributed by atoms with Gasteiger partial charge in [-0.15, -0.1) is 0 Å². The van der Waals surface area contributed by atoms with E-state index in [1.54, 1.807) is 6.07 Å². The Labute approximate surface area is 100 Å². The van der Waals surface area contributed by atoms with Gasteiger partial charge in [-0.25, -0.2) is 4.98 Å². The Balaban J connectivity index is 2.33. The second kappa shape index (κ2) is 4.22. The minimum atomic E-state index is -3.62. The Kier molecular flexibility index (Phi) is 2.92. The van der Waals surface area contributed by atoms with Crippen LogP contribution in [0.4, 0.5) is 5.69 Å². The van der Waals surface area contributed by atoms with Gasteiger partial charge in [0.2, 0.25) is 0 Å². The van der Waals surface area contributed by atoms with E-state index in [1.165, 1.54) is 24.9 Å². The summed E-state index contributed by atoms with van der Waals surface area (Å²) >= 11 is 3.20. The molecule has 0 saturated carbocycles. The summed E-state index contributed by atoms with van der Waals surface area (Å²) < 4.78 is 26.6. The van der Waals surface area contributed by atoms with Gasteiger partial charge in [0.25, 0.3) is 10.0 Å².